The molecule has 7 nitrogen and oxygen atoms in total. The van der Waals surface area contributed by atoms with Crippen LogP contribution in [-0.2, 0) is 9.59 Å². The molecule has 2 amide bonds. The molecule has 0 bridgehead atoms. The maximum Gasteiger partial charge on any atom is 0.229 e. The molecule has 1 aromatic carbocycles. The Kier molecular flexibility index (Phi) is 5.80. The van der Waals surface area contributed by atoms with E-state index in [1.165, 1.54) is 17.8 Å². The number of methoxy groups -OCH3 is 1. The third-order valence-electron chi connectivity index (χ3n) is 5.75. The highest BCUT2D eigenvalue weighted by molar-refractivity contribution is 7.15. The molecule has 154 valence electrons. The molecule has 1 aliphatic carbocycles. The second-order valence-electron chi connectivity index (χ2n) is 7.85. The number of anilines is 2. The van der Waals surface area contributed by atoms with E-state index in [9.17, 15) is 9.59 Å². The average Bonchev–Trinajstić information content (AvgIpc) is 3.35. The van der Waals surface area contributed by atoms with Crippen molar-refractivity contribution in [1.82, 2.24) is 10.2 Å². The summed E-state index contributed by atoms with van der Waals surface area (Å²) in [7, 11) is 1.61. The zero-order valence-electron chi connectivity index (χ0n) is 16.8. The summed E-state index contributed by atoms with van der Waals surface area (Å²) in [4.78, 5) is 26.9. The molecule has 2 aliphatic rings. The minimum atomic E-state index is -0.0365. The van der Waals surface area contributed by atoms with Crippen molar-refractivity contribution in [2.75, 3.05) is 23.9 Å². The van der Waals surface area contributed by atoms with Crippen LogP contribution in [0, 0.1) is 12.8 Å². The average molecular weight is 415 g/mol. The Morgan fingerprint density at radius 3 is 2.79 bits per heavy atom. The van der Waals surface area contributed by atoms with E-state index in [-0.39, 0.29) is 23.7 Å². The van der Waals surface area contributed by atoms with Crippen LogP contribution in [0.15, 0.2) is 18.2 Å². The van der Waals surface area contributed by atoms with Crippen molar-refractivity contribution in [2.45, 2.75) is 51.4 Å². The van der Waals surface area contributed by atoms with Gasteiger partial charge in [0.15, 0.2) is 0 Å². The predicted molar refractivity (Wildman–Crippen MR) is 113 cm³/mol. The highest BCUT2D eigenvalue weighted by Crippen LogP contribution is 2.38. The fraction of sp³-hybridized carbons (Fsp3) is 0.524. The molecule has 1 aromatic heterocycles. The molecule has 0 unspecified atom stereocenters. The van der Waals surface area contributed by atoms with E-state index in [1.807, 2.05) is 25.1 Å². The van der Waals surface area contributed by atoms with E-state index in [4.69, 9.17) is 4.74 Å². The number of aryl methyl sites for hydroxylation is 1. The smallest absolute Gasteiger partial charge is 0.229 e. The molecule has 2 aromatic rings. The summed E-state index contributed by atoms with van der Waals surface area (Å²) in [5.74, 6) is 0.809. The molecule has 0 spiro atoms. The van der Waals surface area contributed by atoms with Gasteiger partial charge in [0.05, 0.1) is 12.8 Å². The standard InChI is InChI=1S/C21H26N4O3S/c1-13-8-9-17(28-2)16(10-13)25-12-15(11-18(25)26)20-23-24-21(29-20)22-19(27)14-6-4-3-5-7-14/h8-10,14-15H,3-7,11-12H2,1-2H3,(H,22,24,27)/t15-/m0/s1. The van der Waals surface area contributed by atoms with Gasteiger partial charge in [-0.25, -0.2) is 0 Å². The monoisotopic (exact) mass is 414 g/mol. The maximum absolute atomic E-state index is 12.7. The molecule has 2 heterocycles. The van der Waals surface area contributed by atoms with E-state index in [1.54, 1.807) is 12.0 Å². The van der Waals surface area contributed by atoms with Gasteiger partial charge in [0.1, 0.15) is 10.8 Å². The second-order valence-corrected chi connectivity index (χ2v) is 8.86. The molecule has 8 heteroatoms. The number of hydrogen-bond acceptors (Lipinski definition) is 6. The third-order valence-corrected chi connectivity index (χ3v) is 6.75. The van der Waals surface area contributed by atoms with Gasteiger partial charge in [0.2, 0.25) is 16.9 Å². The minimum Gasteiger partial charge on any atom is -0.495 e. The topological polar surface area (TPSA) is 84.4 Å². The molecule has 1 saturated carbocycles. The first-order valence-electron chi connectivity index (χ1n) is 10.1. The first-order valence-corrected chi connectivity index (χ1v) is 11.0. The van der Waals surface area contributed by atoms with Crippen molar-refractivity contribution in [1.29, 1.82) is 0 Å². The lowest BCUT2D eigenvalue weighted by atomic mass is 9.89. The Morgan fingerprint density at radius 1 is 1.24 bits per heavy atom. The lowest BCUT2D eigenvalue weighted by Gasteiger charge is -2.20. The minimum absolute atomic E-state index is 0.0365. The Morgan fingerprint density at radius 2 is 2.03 bits per heavy atom. The second kappa shape index (κ2) is 8.49. The summed E-state index contributed by atoms with van der Waals surface area (Å²) in [5.41, 5.74) is 1.86. The molecule has 1 saturated heterocycles. The molecular formula is C21H26N4O3S. The number of aromatic nitrogens is 2. The van der Waals surface area contributed by atoms with Crippen LogP contribution >= 0.6 is 11.3 Å². The molecule has 2 fully saturated rings. The largest absolute Gasteiger partial charge is 0.495 e. The Bertz CT molecular complexity index is 907. The summed E-state index contributed by atoms with van der Waals surface area (Å²) in [6.45, 7) is 2.52. The Hall–Kier alpha value is -2.48. The summed E-state index contributed by atoms with van der Waals surface area (Å²) in [6, 6.07) is 5.82. The van der Waals surface area contributed by atoms with Gasteiger partial charge in [-0.05, 0) is 37.5 Å². The number of nitrogens with zero attached hydrogens (tertiary/aromatic N) is 3. The molecule has 1 N–H and O–H groups in total. The molecule has 1 atom stereocenters. The van der Waals surface area contributed by atoms with Crippen molar-refractivity contribution in [2.24, 2.45) is 5.92 Å². The summed E-state index contributed by atoms with van der Waals surface area (Å²) in [5, 5.41) is 12.6. The van der Waals surface area contributed by atoms with E-state index < -0.39 is 0 Å². The zero-order chi connectivity index (χ0) is 20.4. The van der Waals surface area contributed by atoms with Gasteiger partial charge in [-0.15, -0.1) is 10.2 Å². The third kappa shape index (κ3) is 4.27. The number of benzene rings is 1. The normalized spacial score (nSPS) is 20.1. The van der Waals surface area contributed by atoms with Crippen molar-refractivity contribution < 1.29 is 14.3 Å². The Labute approximate surface area is 174 Å². The van der Waals surface area contributed by atoms with Crippen molar-refractivity contribution in [3.8, 4) is 5.75 Å². The van der Waals surface area contributed by atoms with E-state index in [0.717, 1.165) is 41.9 Å². The Balaban J connectivity index is 1.45. The molecule has 1 aliphatic heterocycles. The van der Waals surface area contributed by atoms with E-state index >= 15 is 0 Å². The van der Waals surface area contributed by atoms with Gasteiger partial charge in [-0.2, -0.15) is 0 Å². The van der Waals surface area contributed by atoms with Gasteiger partial charge in [0, 0.05) is 24.8 Å². The summed E-state index contributed by atoms with van der Waals surface area (Å²) < 4.78 is 5.44. The number of hydrogen-bond donors (Lipinski definition) is 1. The van der Waals surface area contributed by atoms with Crippen LogP contribution < -0.4 is 15.0 Å². The lowest BCUT2D eigenvalue weighted by molar-refractivity contribution is -0.120. The van der Waals surface area contributed by atoms with Crippen molar-refractivity contribution >= 4 is 34.0 Å². The van der Waals surface area contributed by atoms with Crippen molar-refractivity contribution in [3.05, 3.63) is 28.8 Å². The van der Waals surface area contributed by atoms with Gasteiger partial charge in [-0.1, -0.05) is 36.7 Å². The number of rotatable bonds is 5. The first-order chi connectivity index (χ1) is 14.0. The fourth-order valence-corrected chi connectivity index (χ4v) is 4.98. The van der Waals surface area contributed by atoms with E-state index in [0.29, 0.717) is 23.8 Å². The van der Waals surface area contributed by atoms with Crippen LogP contribution in [0.1, 0.15) is 55.0 Å². The molecule has 4 rings (SSSR count). The van der Waals surface area contributed by atoms with Gasteiger partial charge < -0.3 is 15.0 Å². The molecular weight excluding hydrogens is 388 g/mol. The number of nitrogens with one attached hydrogen (secondary N) is 1. The SMILES string of the molecule is COc1ccc(C)cc1N1C[C@@H](c2nnc(NC(=O)C3CCCCC3)s2)CC1=O. The van der Waals surface area contributed by atoms with Gasteiger partial charge in [-0.3, -0.25) is 9.59 Å². The van der Waals surface area contributed by atoms with Gasteiger partial charge >= 0.3 is 0 Å². The number of ether oxygens (including phenoxy) is 1. The van der Waals surface area contributed by atoms with Crippen LogP contribution in [0.25, 0.3) is 0 Å². The lowest BCUT2D eigenvalue weighted by Crippen LogP contribution is -2.25. The first kappa shape index (κ1) is 19.8. The van der Waals surface area contributed by atoms with Gasteiger partial charge in [0.25, 0.3) is 0 Å². The summed E-state index contributed by atoms with van der Waals surface area (Å²) >= 11 is 1.37. The van der Waals surface area contributed by atoms with Crippen LogP contribution in [0.4, 0.5) is 10.8 Å². The van der Waals surface area contributed by atoms with Crippen LogP contribution in [-0.4, -0.2) is 35.7 Å². The predicted octanol–water partition coefficient (Wildman–Crippen LogP) is 3.89. The molecule has 0 radical (unpaired) electrons. The number of amides is 2. The fourth-order valence-electron chi connectivity index (χ4n) is 4.14. The van der Waals surface area contributed by atoms with E-state index in [2.05, 4.69) is 15.5 Å². The van der Waals surface area contributed by atoms with Crippen molar-refractivity contribution in [3.63, 3.8) is 0 Å². The molecule has 29 heavy (non-hydrogen) atoms. The maximum atomic E-state index is 12.7. The van der Waals surface area contributed by atoms with Crippen LogP contribution in [0.5, 0.6) is 5.75 Å². The number of carbonyl (C=O) groups excluding carboxylic acids is 2. The zero-order valence-corrected chi connectivity index (χ0v) is 17.6. The highest BCUT2D eigenvalue weighted by atomic mass is 32.1. The quantitative estimate of drug-likeness (QED) is 0.802. The van der Waals surface area contributed by atoms with Crippen LogP contribution in [0.2, 0.25) is 0 Å². The number of carbonyl (C=O) groups is 2. The summed E-state index contributed by atoms with van der Waals surface area (Å²) in [6.07, 6.45) is 5.71. The van der Waals surface area contributed by atoms with Crippen LogP contribution in [0.3, 0.4) is 0 Å². The highest BCUT2D eigenvalue weighted by Gasteiger charge is 2.35.